The quantitative estimate of drug-likeness (QED) is 0.831. The van der Waals surface area contributed by atoms with E-state index in [0.717, 1.165) is 6.07 Å². The zero-order valence-electron chi connectivity index (χ0n) is 10.1. The van der Waals surface area contributed by atoms with Gasteiger partial charge < -0.3 is 9.47 Å². The van der Waals surface area contributed by atoms with Gasteiger partial charge in [-0.25, -0.2) is 22.7 Å². The number of sulfonamides is 1. The summed E-state index contributed by atoms with van der Waals surface area (Å²) >= 11 is 0. The average Bonchev–Trinajstić information content (AvgIpc) is 2.37. The first-order chi connectivity index (χ1) is 8.92. The Morgan fingerprint density at radius 2 is 1.95 bits per heavy atom. The van der Waals surface area contributed by atoms with Gasteiger partial charge >= 0.3 is 12.1 Å². The lowest BCUT2D eigenvalue weighted by atomic mass is 10.2. The zero-order valence-corrected chi connectivity index (χ0v) is 10.9. The zero-order chi connectivity index (χ0) is 14.5. The summed E-state index contributed by atoms with van der Waals surface area (Å²) in [5.74, 6) is -0.926. The maximum Gasteiger partial charge on any atom is 0.421 e. The van der Waals surface area contributed by atoms with Crippen LogP contribution in [-0.2, 0) is 19.5 Å². The van der Waals surface area contributed by atoms with Crippen molar-refractivity contribution in [2.24, 2.45) is 0 Å². The van der Waals surface area contributed by atoms with Crippen molar-refractivity contribution in [3.05, 3.63) is 36.9 Å². The summed E-state index contributed by atoms with van der Waals surface area (Å²) in [5, 5.41) is 0. The van der Waals surface area contributed by atoms with Gasteiger partial charge in [-0.2, -0.15) is 0 Å². The van der Waals surface area contributed by atoms with Gasteiger partial charge in [0.1, 0.15) is 12.0 Å². The van der Waals surface area contributed by atoms with Crippen molar-refractivity contribution in [1.82, 2.24) is 4.72 Å². The van der Waals surface area contributed by atoms with Crippen molar-refractivity contribution in [2.75, 3.05) is 6.61 Å². The lowest BCUT2D eigenvalue weighted by Gasteiger charge is -2.09. The second kappa shape index (κ2) is 6.19. The average molecular weight is 286 g/mol. The van der Waals surface area contributed by atoms with Crippen molar-refractivity contribution in [3.8, 4) is 0 Å². The van der Waals surface area contributed by atoms with Crippen LogP contribution in [-0.4, -0.2) is 27.1 Å². The Morgan fingerprint density at radius 1 is 1.32 bits per heavy atom. The topological polar surface area (TPSA) is 98.8 Å². The molecule has 8 heteroatoms. The number of amides is 1. The highest BCUT2D eigenvalue weighted by Gasteiger charge is 2.24. The minimum absolute atomic E-state index is 0.0178. The molecule has 1 rings (SSSR count). The highest BCUT2D eigenvalue weighted by Crippen LogP contribution is 2.16. The standard InChI is InChI=1S/C11H12NO6S/c1-3-18-11(14)12-19(15,16)9-7-5-4-6-8(9)10(13)17-2/h4-7H,2-3H2,1H3,(H,12,14). The smallest absolute Gasteiger partial charge is 0.421 e. The van der Waals surface area contributed by atoms with Gasteiger partial charge in [0.05, 0.1) is 12.2 Å². The van der Waals surface area contributed by atoms with Gasteiger partial charge in [0.15, 0.2) is 0 Å². The molecule has 1 radical (unpaired) electrons. The molecule has 0 unspecified atom stereocenters. The third-order valence-electron chi connectivity index (χ3n) is 2.02. The van der Waals surface area contributed by atoms with Gasteiger partial charge in [-0.3, -0.25) is 0 Å². The van der Waals surface area contributed by atoms with E-state index in [2.05, 4.69) is 16.6 Å². The van der Waals surface area contributed by atoms with Crippen LogP contribution in [0, 0.1) is 7.11 Å². The highest BCUT2D eigenvalue weighted by atomic mass is 32.2. The van der Waals surface area contributed by atoms with E-state index in [-0.39, 0.29) is 12.2 Å². The van der Waals surface area contributed by atoms with E-state index in [1.807, 2.05) is 0 Å². The summed E-state index contributed by atoms with van der Waals surface area (Å²) in [6, 6.07) is 5.26. The van der Waals surface area contributed by atoms with Crippen LogP contribution in [0.2, 0.25) is 0 Å². The third-order valence-corrected chi connectivity index (χ3v) is 3.39. The fourth-order valence-corrected chi connectivity index (χ4v) is 2.36. The summed E-state index contributed by atoms with van der Waals surface area (Å²) in [7, 11) is -1.30. The fourth-order valence-electron chi connectivity index (χ4n) is 1.27. The van der Waals surface area contributed by atoms with E-state index in [1.165, 1.54) is 25.1 Å². The van der Waals surface area contributed by atoms with E-state index in [0.29, 0.717) is 0 Å². The minimum atomic E-state index is -4.22. The molecule has 0 aliphatic heterocycles. The number of hydrogen-bond donors (Lipinski definition) is 1. The van der Waals surface area contributed by atoms with Crippen LogP contribution in [0.5, 0.6) is 0 Å². The van der Waals surface area contributed by atoms with Gasteiger partial charge in [-0.1, -0.05) is 12.1 Å². The molecule has 1 amide bonds. The van der Waals surface area contributed by atoms with Gasteiger partial charge in [-0.05, 0) is 19.1 Å². The molecule has 0 bridgehead atoms. The summed E-state index contributed by atoms with van der Waals surface area (Å²) in [6.07, 6.45) is -1.12. The molecule has 0 aromatic heterocycles. The molecule has 1 aromatic carbocycles. The van der Waals surface area contributed by atoms with Gasteiger partial charge in [-0.15, -0.1) is 0 Å². The Hall–Kier alpha value is -2.09. The number of carbonyl (C=O) groups is 2. The molecule has 7 nitrogen and oxygen atoms in total. The van der Waals surface area contributed by atoms with Crippen molar-refractivity contribution < 1.29 is 27.5 Å². The predicted octanol–water partition coefficient (Wildman–Crippen LogP) is 1.07. The molecule has 103 valence electrons. The van der Waals surface area contributed by atoms with Gasteiger partial charge in [0.2, 0.25) is 0 Å². The second-order valence-corrected chi connectivity index (χ2v) is 4.90. The molecule has 0 heterocycles. The van der Waals surface area contributed by atoms with Gasteiger partial charge in [0.25, 0.3) is 10.0 Å². The fraction of sp³-hybridized carbons (Fsp3) is 0.182. The second-order valence-electron chi connectivity index (χ2n) is 3.25. The van der Waals surface area contributed by atoms with E-state index in [9.17, 15) is 18.0 Å². The van der Waals surface area contributed by atoms with Crippen LogP contribution >= 0.6 is 0 Å². The Balaban J connectivity index is 3.15. The third kappa shape index (κ3) is 3.68. The van der Waals surface area contributed by atoms with Crippen LogP contribution < -0.4 is 4.72 Å². The molecule has 0 aliphatic rings. The molecule has 1 N–H and O–H groups in total. The van der Waals surface area contributed by atoms with Crippen LogP contribution in [0.25, 0.3) is 0 Å². The summed E-state index contributed by atoms with van der Waals surface area (Å²) in [5.41, 5.74) is -0.228. The van der Waals surface area contributed by atoms with Crippen molar-refractivity contribution in [3.63, 3.8) is 0 Å². The maximum atomic E-state index is 11.9. The first kappa shape index (κ1) is 15.0. The number of esters is 1. The SMILES string of the molecule is [CH2]OC(=O)c1ccccc1S(=O)(=O)NC(=O)OCC. The first-order valence-electron chi connectivity index (χ1n) is 5.17. The van der Waals surface area contributed by atoms with Crippen molar-refractivity contribution in [2.45, 2.75) is 11.8 Å². The van der Waals surface area contributed by atoms with Crippen LogP contribution in [0.1, 0.15) is 17.3 Å². The van der Waals surface area contributed by atoms with E-state index in [1.54, 1.807) is 4.72 Å². The summed E-state index contributed by atoms with van der Waals surface area (Å²) < 4.78 is 34.2. The van der Waals surface area contributed by atoms with Crippen LogP contribution in [0.3, 0.4) is 0 Å². The van der Waals surface area contributed by atoms with E-state index < -0.39 is 27.0 Å². The maximum absolute atomic E-state index is 11.9. The Labute approximate surface area is 110 Å². The molecular weight excluding hydrogens is 274 g/mol. The number of ether oxygens (including phenoxy) is 2. The van der Waals surface area contributed by atoms with Crippen molar-refractivity contribution >= 4 is 22.1 Å². The molecular formula is C11H12NO6S. The molecule has 19 heavy (non-hydrogen) atoms. The summed E-state index contributed by atoms with van der Waals surface area (Å²) in [6.45, 7) is 1.55. The number of carbonyl (C=O) groups excluding carboxylic acids is 2. The summed E-state index contributed by atoms with van der Waals surface area (Å²) in [4.78, 5) is 22.1. The van der Waals surface area contributed by atoms with E-state index >= 15 is 0 Å². The van der Waals surface area contributed by atoms with E-state index in [4.69, 9.17) is 0 Å². The first-order valence-corrected chi connectivity index (χ1v) is 6.65. The number of rotatable bonds is 4. The van der Waals surface area contributed by atoms with Crippen LogP contribution in [0.4, 0.5) is 4.79 Å². The molecule has 0 aliphatic carbocycles. The molecule has 0 atom stereocenters. The lowest BCUT2D eigenvalue weighted by Crippen LogP contribution is -2.32. The lowest BCUT2D eigenvalue weighted by molar-refractivity contribution is 0.0649. The highest BCUT2D eigenvalue weighted by molar-refractivity contribution is 7.90. The molecule has 0 fully saturated rings. The monoisotopic (exact) mass is 286 g/mol. The molecule has 0 spiro atoms. The minimum Gasteiger partial charge on any atom is -0.458 e. The molecule has 0 saturated carbocycles. The number of nitrogens with one attached hydrogen (secondary N) is 1. The van der Waals surface area contributed by atoms with Crippen LogP contribution in [0.15, 0.2) is 29.2 Å². The van der Waals surface area contributed by atoms with Crippen molar-refractivity contribution in [1.29, 1.82) is 0 Å². The normalized spacial score (nSPS) is 10.6. The molecule has 0 saturated heterocycles. The number of hydrogen-bond acceptors (Lipinski definition) is 6. The van der Waals surface area contributed by atoms with Gasteiger partial charge in [0, 0.05) is 0 Å². The number of benzene rings is 1. The predicted molar refractivity (Wildman–Crippen MR) is 64.6 cm³/mol. The largest absolute Gasteiger partial charge is 0.458 e. The Kier molecular flexibility index (Phi) is 4.87. The molecule has 1 aromatic rings. The Bertz CT molecular complexity index is 581. The Morgan fingerprint density at radius 3 is 2.53 bits per heavy atom.